The van der Waals surface area contributed by atoms with E-state index in [1.807, 2.05) is 12.1 Å². The Morgan fingerprint density at radius 2 is 1.91 bits per heavy atom. The van der Waals surface area contributed by atoms with Gasteiger partial charge in [0.05, 0.1) is 30.7 Å². The highest BCUT2D eigenvalue weighted by Gasteiger charge is 2.33. The van der Waals surface area contributed by atoms with E-state index in [9.17, 15) is 14.4 Å². The maximum absolute atomic E-state index is 12.7. The van der Waals surface area contributed by atoms with Crippen LogP contribution in [0.15, 0.2) is 35.5 Å². The quantitative estimate of drug-likeness (QED) is 0.299. The van der Waals surface area contributed by atoms with E-state index in [0.717, 1.165) is 5.56 Å². The van der Waals surface area contributed by atoms with E-state index in [0.29, 0.717) is 17.1 Å². The molecule has 1 aliphatic rings. The molecule has 1 atom stereocenters. The number of rotatable bonds is 9. The molecule has 0 radical (unpaired) electrons. The summed E-state index contributed by atoms with van der Waals surface area (Å²) in [6, 6.07) is 6.53. The maximum atomic E-state index is 12.7. The number of methoxy groups -OCH3 is 1. The van der Waals surface area contributed by atoms with Gasteiger partial charge >= 0.3 is 18.1 Å². The summed E-state index contributed by atoms with van der Waals surface area (Å²) < 4.78 is 20.2. The molecule has 33 heavy (non-hydrogen) atoms. The third-order valence-electron chi connectivity index (χ3n) is 4.75. The molecule has 1 aromatic rings. The van der Waals surface area contributed by atoms with E-state index >= 15 is 0 Å². The van der Waals surface area contributed by atoms with Gasteiger partial charge in [-0.2, -0.15) is 0 Å². The zero-order valence-electron chi connectivity index (χ0n) is 18.9. The number of thiocarbonyl (C=S) groups is 1. The number of esters is 2. The molecule has 180 valence electrons. The number of hydrogen-bond acceptors (Lipinski definition) is 8. The molecular formula is C22H27ClN2O7S. The van der Waals surface area contributed by atoms with E-state index in [4.69, 9.17) is 38.0 Å². The molecule has 0 aromatic heterocycles. The van der Waals surface area contributed by atoms with Crippen LogP contribution in [0.5, 0.6) is 0 Å². The van der Waals surface area contributed by atoms with Gasteiger partial charge in [-0.05, 0) is 50.7 Å². The van der Waals surface area contributed by atoms with Gasteiger partial charge in [0.15, 0.2) is 5.11 Å². The summed E-state index contributed by atoms with van der Waals surface area (Å²) in [7, 11) is 1.25. The molecule has 1 aliphatic heterocycles. The smallest absolute Gasteiger partial charge is 0.469 e. The molecular weight excluding hydrogens is 472 g/mol. The third-order valence-corrected chi connectivity index (χ3v) is 5.20. The van der Waals surface area contributed by atoms with E-state index in [1.165, 1.54) is 7.11 Å². The molecule has 9 nitrogen and oxygen atoms in total. The number of carbonyl (C=O) groups excluding carboxylic acids is 3. The molecule has 0 saturated heterocycles. The molecule has 0 fully saturated rings. The Bertz CT molecular complexity index is 948. The van der Waals surface area contributed by atoms with Crippen molar-refractivity contribution in [3.05, 3.63) is 46.1 Å². The van der Waals surface area contributed by atoms with Crippen molar-refractivity contribution in [3.63, 3.8) is 0 Å². The molecule has 0 saturated carbocycles. The molecule has 1 heterocycles. The molecule has 2 rings (SSSR count). The average Bonchev–Trinajstić information content (AvgIpc) is 2.75. The fourth-order valence-corrected chi connectivity index (χ4v) is 3.49. The highest BCUT2D eigenvalue weighted by Crippen LogP contribution is 2.19. The largest absolute Gasteiger partial charge is 0.508 e. The van der Waals surface area contributed by atoms with Crippen LogP contribution >= 0.6 is 23.8 Å². The summed E-state index contributed by atoms with van der Waals surface area (Å²) in [6.45, 7) is 4.48. The number of benzene rings is 1. The summed E-state index contributed by atoms with van der Waals surface area (Å²) in [5.74, 6) is -1.10. The molecule has 0 spiro atoms. The van der Waals surface area contributed by atoms with Crippen molar-refractivity contribution in [1.82, 2.24) is 10.6 Å². The van der Waals surface area contributed by atoms with Gasteiger partial charge in [-0.25, -0.2) is 9.59 Å². The van der Waals surface area contributed by atoms with Crippen LogP contribution in [0.25, 0.3) is 0 Å². The van der Waals surface area contributed by atoms with Gasteiger partial charge in [-0.1, -0.05) is 23.7 Å². The van der Waals surface area contributed by atoms with Crippen molar-refractivity contribution in [2.24, 2.45) is 5.41 Å². The van der Waals surface area contributed by atoms with Gasteiger partial charge in [0.25, 0.3) is 0 Å². The second kappa shape index (κ2) is 11.9. The number of nitrogens with one attached hydrogen (secondary N) is 2. The second-order valence-corrected chi connectivity index (χ2v) is 8.78. The summed E-state index contributed by atoms with van der Waals surface area (Å²) >= 11 is 11.1. The predicted octanol–water partition coefficient (Wildman–Crippen LogP) is 2.90. The summed E-state index contributed by atoms with van der Waals surface area (Å²) in [5.41, 5.74) is 0.633. The monoisotopic (exact) mass is 498 g/mol. The lowest BCUT2D eigenvalue weighted by Crippen LogP contribution is -2.52. The van der Waals surface area contributed by atoms with E-state index < -0.39 is 29.6 Å². The number of carbonyl (C=O) groups is 3. The zero-order chi connectivity index (χ0) is 24.6. The lowest BCUT2D eigenvalue weighted by molar-refractivity contribution is -0.153. The third kappa shape index (κ3) is 7.90. The van der Waals surface area contributed by atoms with Crippen LogP contribution in [0, 0.1) is 5.41 Å². The van der Waals surface area contributed by atoms with Crippen molar-refractivity contribution in [2.75, 3.05) is 26.9 Å². The molecule has 1 unspecified atom stereocenters. The van der Waals surface area contributed by atoms with Gasteiger partial charge in [0.2, 0.25) is 0 Å². The number of ether oxygens (including phenoxy) is 4. The van der Waals surface area contributed by atoms with Crippen molar-refractivity contribution < 1.29 is 33.3 Å². The van der Waals surface area contributed by atoms with E-state index in [1.54, 1.807) is 32.9 Å². The van der Waals surface area contributed by atoms with Crippen LogP contribution in [0.2, 0.25) is 5.02 Å². The standard InChI is InChI=1S/C22H27ClN2O7S/c1-13-17(18(26)30-9-8-14-6-5-7-15(23)10-14)16(25-20(33)24-13)11-31-21(28)32-12-22(2,3)19(27)29-4/h5-7,10,16H,8-9,11-12H2,1-4H3,(H2,24,25,33). The first-order chi connectivity index (χ1) is 15.5. The molecule has 2 N–H and O–H groups in total. The summed E-state index contributed by atoms with van der Waals surface area (Å²) in [6.07, 6.45) is -0.508. The number of halogens is 1. The van der Waals surface area contributed by atoms with Gasteiger partial charge < -0.3 is 29.6 Å². The van der Waals surface area contributed by atoms with Crippen LogP contribution in [-0.4, -0.2) is 56.2 Å². The Balaban J connectivity index is 1.93. The first-order valence-corrected chi connectivity index (χ1v) is 10.9. The van der Waals surface area contributed by atoms with Crippen LogP contribution in [-0.2, 0) is 35.0 Å². The van der Waals surface area contributed by atoms with Crippen LogP contribution in [0.1, 0.15) is 26.3 Å². The predicted molar refractivity (Wildman–Crippen MR) is 125 cm³/mol. The van der Waals surface area contributed by atoms with Crippen molar-refractivity contribution in [2.45, 2.75) is 33.2 Å². The van der Waals surface area contributed by atoms with Gasteiger partial charge in [0, 0.05) is 17.1 Å². The first kappa shape index (κ1) is 26.4. The lowest BCUT2D eigenvalue weighted by Gasteiger charge is -2.29. The van der Waals surface area contributed by atoms with Crippen molar-refractivity contribution in [1.29, 1.82) is 0 Å². The van der Waals surface area contributed by atoms with Crippen molar-refractivity contribution in [3.8, 4) is 0 Å². The fourth-order valence-electron chi connectivity index (χ4n) is 2.99. The molecule has 0 bridgehead atoms. The number of allylic oxidation sites excluding steroid dienone is 1. The van der Waals surface area contributed by atoms with Crippen LogP contribution < -0.4 is 10.6 Å². The molecule has 1 aromatic carbocycles. The summed E-state index contributed by atoms with van der Waals surface area (Å²) in [5, 5.41) is 6.63. The summed E-state index contributed by atoms with van der Waals surface area (Å²) in [4.78, 5) is 36.4. The van der Waals surface area contributed by atoms with Gasteiger partial charge in [-0.15, -0.1) is 0 Å². The van der Waals surface area contributed by atoms with Gasteiger partial charge in [-0.3, -0.25) is 4.79 Å². The minimum Gasteiger partial charge on any atom is -0.469 e. The topological polar surface area (TPSA) is 112 Å². The minimum atomic E-state index is -1.03. The lowest BCUT2D eigenvalue weighted by atomic mass is 9.95. The highest BCUT2D eigenvalue weighted by molar-refractivity contribution is 7.80. The second-order valence-electron chi connectivity index (χ2n) is 7.93. The molecule has 0 aliphatic carbocycles. The van der Waals surface area contributed by atoms with Crippen molar-refractivity contribution >= 4 is 47.0 Å². The molecule has 0 amide bonds. The number of hydrogen-bond donors (Lipinski definition) is 2. The Hall–Kier alpha value is -2.85. The normalized spacial score (nSPS) is 15.8. The minimum absolute atomic E-state index is 0.138. The Labute approximate surface area is 202 Å². The van der Waals surface area contributed by atoms with E-state index in [2.05, 4.69) is 15.4 Å². The maximum Gasteiger partial charge on any atom is 0.508 e. The SMILES string of the molecule is COC(=O)C(C)(C)COC(=O)OCC1NC(=S)NC(C)=C1C(=O)OCCc1cccc(Cl)c1. The first-order valence-electron chi connectivity index (χ1n) is 10.1. The van der Waals surface area contributed by atoms with E-state index in [-0.39, 0.29) is 30.5 Å². The van der Waals surface area contributed by atoms with Gasteiger partial charge in [0.1, 0.15) is 13.2 Å². The van der Waals surface area contributed by atoms with Crippen LogP contribution in [0.4, 0.5) is 4.79 Å². The molecule has 11 heteroatoms. The fraction of sp³-hybridized carbons (Fsp3) is 0.455. The average molecular weight is 499 g/mol. The Kier molecular flexibility index (Phi) is 9.48. The van der Waals surface area contributed by atoms with Crippen LogP contribution in [0.3, 0.4) is 0 Å². The Morgan fingerprint density at radius 1 is 1.18 bits per heavy atom. The Morgan fingerprint density at radius 3 is 2.58 bits per heavy atom. The highest BCUT2D eigenvalue weighted by atomic mass is 35.5. The zero-order valence-corrected chi connectivity index (χ0v) is 20.4.